The van der Waals surface area contributed by atoms with E-state index in [9.17, 15) is 4.79 Å². The van der Waals surface area contributed by atoms with E-state index in [-0.39, 0.29) is 5.91 Å². The summed E-state index contributed by atoms with van der Waals surface area (Å²) in [6, 6.07) is 6.18. The third-order valence-corrected chi connectivity index (χ3v) is 5.33. The lowest BCUT2D eigenvalue weighted by Crippen LogP contribution is -2.18. The van der Waals surface area contributed by atoms with Crippen LogP contribution in [-0.2, 0) is 16.0 Å². The van der Waals surface area contributed by atoms with Crippen molar-refractivity contribution in [2.24, 2.45) is 0 Å². The maximum atomic E-state index is 11.6. The molecule has 0 bridgehead atoms. The summed E-state index contributed by atoms with van der Waals surface area (Å²) >= 11 is 1.62. The Morgan fingerprint density at radius 3 is 3.17 bits per heavy atom. The summed E-state index contributed by atoms with van der Waals surface area (Å²) in [6.07, 6.45) is 5.01. The van der Waals surface area contributed by atoms with Gasteiger partial charge in [-0.1, -0.05) is 6.07 Å². The Labute approximate surface area is 145 Å². The van der Waals surface area contributed by atoms with E-state index in [4.69, 9.17) is 9.72 Å². The fourth-order valence-corrected chi connectivity index (χ4v) is 3.96. The van der Waals surface area contributed by atoms with Crippen LogP contribution in [0.15, 0.2) is 23.6 Å². The normalized spacial score (nSPS) is 20.3. The van der Waals surface area contributed by atoms with Crippen molar-refractivity contribution < 1.29 is 9.53 Å². The van der Waals surface area contributed by atoms with Crippen molar-refractivity contribution in [1.29, 1.82) is 0 Å². The monoisotopic (exact) mass is 343 g/mol. The number of aromatic nitrogens is 1. The van der Waals surface area contributed by atoms with Crippen LogP contribution in [0.3, 0.4) is 0 Å². The Bertz CT molecular complexity index is 738. The zero-order valence-corrected chi connectivity index (χ0v) is 14.3. The maximum absolute atomic E-state index is 11.6. The summed E-state index contributed by atoms with van der Waals surface area (Å²) in [5.74, 6) is 0.107. The van der Waals surface area contributed by atoms with Crippen molar-refractivity contribution in [1.82, 2.24) is 4.98 Å². The van der Waals surface area contributed by atoms with Crippen molar-refractivity contribution in [2.45, 2.75) is 38.2 Å². The number of carbonyl (C=O) groups excluding carboxylic acids is 1. The molecule has 2 aromatic rings. The van der Waals surface area contributed by atoms with Crippen LogP contribution in [0.25, 0.3) is 11.3 Å². The average Bonchev–Trinajstić information content (AvgIpc) is 3.22. The van der Waals surface area contributed by atoms with Gasteiger partial charge >= 0.3 is 0 Å². The Kier molecular flexibility index (Phi) is 4.49. The lowest BCUT2D eigenvalue weighted by atomic mass is 10.0. The second-order valence-corrected chi connectivity index (χ2v) is 7.19. The molecule has 1 saturated heterocycles. The topological polar surface area (TPSA) is 63.2 Å². The van der Waals surface area contributed by atoms with Crippen LogP contribution in [0, 0.1) is 0 Å². The molecule has 0 radical (unpaired) electrons. The molecule has 5 nitrogen and oxygen atoms in total. The molecule has 2 aliphatic rings. The van der Waals surface area contributed by atoms with Crippen molar-refractivity contribution in [2.75, 3.05) is 23.8 Å². The number of amides is 1. The number of hydrogen-bond donors (Lipinski definition) is 2. The first-order chi connectivity index (χ1) is 11.8. The highest BCUT2D eigenvalue weighted by atomic mass is 32.1. The Balaban J connectivity index is 1.47. The third-order valence-electron chi connectivity index (χ3n) is 4.53. The molecule has 0 aliphatic carbocycles. The van der Waals surface area contributed by atoms with E-state index < -0.39 is 0 Å². The van der Waals surface area contributed by atoms with Gasteiger partial charge in [0, 0.05) is 36.2 Å². The molecular formula is C18H21N3O2S. The molecule has 0 saturated carbocycles. The Morgan fingerprint density at radius 1 is 1.33 bits per heavy atom. The predicted molar refractivity (Wildman–Crippen MR) is 96.6 cm³/mol. The van der Waals surface area contributed by atoms with Crippen LogP contribution in [-0.4, -0.2) is 30.1 Å². The van der Waals surface area contributed by atoms with E-state index in [0.29, 0.717) is 12.5 Å². The van der Waals surface area contributed by atoms with Gasteiger partial charge < -0.3 is 15.4 Å². The summed E-state index contributed by atoms with van der Waals surface area (Å²) in [5, 5.41) is 9.37. The maximum Gasteiger partial charge on any atom is 0.224 e. The van der Waals surface area contributed by atoms with Crippen LogP contribution < -0.4 is 10.6 Å². The minimum absolute atomic E-state index is 0.107. The van der Waals surface area contributed by atoms with E-state index >= 15 is 0 Å². The van der Waals surface area contributed by atoms with E-state index in [1.807, 2.05) is 12.1 Å². The number of benzene rings is 1. The van der Waals surface area contributed by atoms with Crippen LogP contribution in [0.4, 0.5) is 10.8 Å². The van der Waals surface area contributed by atoms with Crippen LogP contribution >= 0.6 is 11.3 Å². The van der Waals surface area contributed by atoms with Gasteiger partial charge in [-0.2, -0.15) is 0 Å². The number of fused-ring (bicyclic) bond motifs is 1. The molecule has 3 heterocycles. The molecule has 1 aromatic heterocycles. The molecule has 6 heteroatoms. The standard InChI is InChI=1S/C18H21N3O2S/c22-17-5-1-3-12-9-13(6-7-15(12)20-17)16-11-24-18(21-16)19-10-14-4-2-8-23-14/h6-7,9,11,14H,1-5,8,10H2,(H,19,21)(H,20,22)/t14-/m0/s1. The van der Waals surface area contributed by atoms with Crippen LogP contribution in [0.1, 0.15) is 31.2 Å². The van der Waals surface area contributed by atoms with Gasteiger partial charge in [0.15, 0.2) is 5.13 Å². The molecule has 2 N–H and O–H groups in total. The lowest BCUT2D eigenvalue weighted by molar-refractivity contribution is -0.116. The van der Waals surface area contributed by atoms with Gasteiger partial charge in [0.1, 0.15) is 0 Å². The van der Waals surface area contributed by atoms with Gasteiger partial charge in [-0.05, 0) is 43.4 Å². The number of ether oxygens (including phenoxy) is 1. The van der Waals surface area contributed by atoms with Gasteiger partial charge in [0.05, 0.1) is 11.8 Å². The van der Waals surface area contributed by atoms with Gasteiger partial charge in [0.25, 0.3) is 0 Å². The first-order valence-corrected chi connectivity index (χ1v) is 9.40. The summed E-state index contributed by atoms with van der Waals surface area (Å²) in [6.45, 7) is 1.70. The molecule has 1 amide bonds. The lowest BCUT2D eigenvalue weighted by Gasteiger charge is -2.09. The second-order valence-electron chi connectivity index (χ2n) is 6.33. The van der Waals surface area contributed by atoms with E-state index in [0.717, 1.165) is 60.9 Å². The molecule has 4 rings (SSSR count). The number of thiazole rings is 1. The highest BCUT2D eigenvalue weighted by Crippen LogP contribution is 2.30. The van der Waals surface area contributed by atoms with Gasteiger partial charge in [-0.15, -0.1) is 11.3 Å². The number of nitrogens with one attached hydrogen (secondary N) is 2. The number of hydrogen-bond acceptors (Lipinski definition) is 5. The van der Waals surface area contributed by atoms with E-state index in [1.54, 1.807) is 11.3 Å². The second kappa shape index (κ2) is 6.91. The van der Waals surface area contributed by atoms with E-state index in [2.05, 4.69) is 22.1 Å². The third kappa shape index (κ3) is 3.44. The quantitative estimate of drug-likeness (QED) is 0.889. The van der Waals surface area contributed by atoms with Crippen molar-refractivity contribution in [3.8, 4) is 11.3 Å². The molecule has 1 aromatic carbocycles. The Morgan fingerprint density at radius 2 is 2.29 bits per heavy atom. The van der Waals surface area contributed by atoms with Crippen molar-refractivity contribution >= 4 is 28.1 Å². The number of nitrogens with zero attached hydrogens (tertiary/aromatic N) is 1. The number of aryl methyl sites for hydroxylation is 1. The number of anilines is 2. The fraction of sp³-hybridized carbons (Fsp3) is 0.444. The molecule has 126 valence electrons. The number of carbonyl (C=O) groups is 1. The minimum atomic E-state index is 0.107. The van der Waals surface area contributed by atoms with Gasteiger partial charge in [0.2, 0.25) is 5.91 Å². The largest absolute Gasteiger partial charge is 0.376 e. The smallest absolute Gasteiger partial charge is 0.224 e. The average molecular weight is 343 g/mol. The van der Waals surface area contributed by atoms with Crippen molar-refractivity contribution in [3.63, 3.8) is 0 Å². The molecule has 1 fully saturated rings. The zero-order chi connectivity index (χ0) is 16.4. The molecule has 1 atom stereocenters. The zero-order valence-electron chi connectivity index (χ0n) is 13.5. The molecule has 0 unspecified atom stereocenters. The molecule has 2 aliphatic heterocycles. The van der Waals surface area contributed by atoms with Crippen molar-refractivity contribution in [3.05, 3.63) is 29.1 Å². The Hall–Kier alpha value is -1.92. The fourth-order valence-electron chi connectivity index (χ4n) is 3.23. The minimum Gasteiger partial charge on any atom is -0.376 e. The van der Waals surface area contributed by atoms with E-state index in [1.165, 1.54) is 5.56 Å². The number of rotatable bonds is 4. The summed E-state index contributed by atoms with van der Waals surface area (Å²) in [7, 11) is 0. The first-order valence-electron chi connectivity index (χ1n) is 8.52. The van der Waals surface area contributed by atoms with Gasteiger partial charge in [-0.3, -0.25) is 4.79 Å². The summed E-state index contributed by atoms with van der Waals surface area (Å²) in [4.78, 5) is 16.3. The van der Waals surface area contributed by atoms with Crippen LogP contribution in [0.5, 0.6) is 0 Å². The molecular weight excluding hydrogens is 322 g/mol. The molecule has 24 heavy (non-hydrogen) atoms. The highest BCUT2D eigenvalue weighted by Gasteiger charge is 2.16. The summed E-state index contributed by atoms with van der Waals surface area (Å²) in [5.41, 5.74) is 4.22. The SMILES string of the molecule is O=C1CCCc2cc(-c3csc(NC[C@@H]4CCCO4)n3)ccc2N1. The predicted octanol–water partition coefficient (Wildman–Crippen LogP) is 3.68. The molecule has 0 spiro atoms. The first kappa shape index (κ1) is 15.6. The highest BCUT2D eigenvalue weighted by molar-refractivity contribution is 7.14. The summed E-state index contributed by atoms with van der Waals surface area (Å²) < 4.78 is 5.63. The van der Waals surface area contributed by atoms with Gasteiger partial charge in [-0.25, -0.2) is 4.98 Å². The van der Waals surface area contributed by atoms with Crippen LogP contribution in [0.2, 0.25) is 0 Å².